The molecule has 1 fully saturated rings. The number of carbonyl (C=O) groups excluding carboxylic acids is 2. The van der Waals surface area contributed by atoms with E-state index in [1.54, 1.807) is 62.8 Å². The molecule has 2 aromatic rings. The maximum Gasteiger partial charge on any atom is 0.231 e. The highest BCUT2D eigenvalue weighted by Crippen LogP contribution is 2.40. The number of benzene rings is 2. The van der Waals surface area contributed by atoms with Crippen molar-refractivity contribution in [2.75, 3.05) is 24.9 Å². The Kier molecular flexibility index (Phi) is 5.22. The summed E-state index contributed by atoms with van der Waals surface area (Å²) in [7, 11) is 3.16. The van der Waals surface area contributed by atoms with E-state index in [1.807, 2.05) is 12.2 Å². The zero-order valence-electron chi connectivity index (χ0n) is 16.1. The first kappa shape index (κ1) is 19.0. The van der Waals surface area contributed by atoms with Gasteiger partial charge in [-0.3, -0.25) is 9.59 Å². The van der Waals surface area contributed by atoms with Crippen LogP contribution >= 0.6 is 0 Å². The summed E-state index contributed by atoms with van der Waals surface area (Å²) >= 11 is 0. The summed E-state index contributed by atoms with van der Waals surface area (Å²) in [6, 6.07) is 14.1. The number of anilines is 2. The predicted octanol–water partition coefficient (Wildman–Crippen LogP) is 2.85. The van der Waals surface area contributed by atoms with E-state index in [1.165, 1.54) is 0 Å². The molecule has 7 heteroatoms. The number of rotatable bonds is 6. The number of hydrogen-bond donors (Lipinski definition) is 2. The molecule has 2 N–H and O–H groups in total. The summed E-state index contributed by atoms with van der Waals surface area (Å²) in [6.07, 6.45) is 2.87. The van der Waals surface area contributed by atoms with Crippen LogP contribution in [0.4, 0.5) is 11.4 Å². The van der Waals surface area contributed by atoms with Gasteiger partial charge < -0.3 is 24.8 Å². The van der Waals surface area contributed by atoms with Crippen LogP contribution in [0.5, 0.6) is 11.5 Å². The summed E-state index contributed by atoms with van der Waals surface area (Å²) in [4.78, 5) is 25.9. The Bertz CT molecular complexity index is 848. The van der Waals surface area contributed by atoms with Crippen molar-refractivity contribution in [1.29, 1.82) is 0 Å². The van der Waals surface area contributed by atoms with Gasteiger partial charge in [-0.05, 0) is 48.5 Å². The lowest BCUT2D eigenvalue weighted by atomic mass is 9.81. The predicted molar refractivity (Wildman–Crippen MR) is 108 cm³/mol. The minimum atomic E-state index is -0.606. The highest BCUT2D eigenvalue weighted by Gasteiger charge is 2.52. The Hall–Kier alpha value is -3.32. The number of carbonyl (C=O) groups is 2. The molecule has 2 bridgehead atoms. The van der Waals surface area contributed by atoms with E-state index in [4.69, 9.17) is 14.2 Å². The topological polar surface area (TPSA) is 85.9 Å². The monoisotopic (exact) mass is 394 g/mol. The van der Waals surface area contributed by atoms with Crippen molar-refractivity contribution in [2.45, 2.75) is 12.2 Å². The SMILES string of the molecule is COc1ccc(NC(=O)C2C3C=CC(O3)C2C(=O)Nc2ccc(OC)cc2)cc1. The maximum atomic E-state index is 13.0. The Morgan fingerprint density at radius 2 is 1.10 bits per heavy atom. The molecule has 7 nitrogen and oxygen atoms in total. The summed E-state index contributed by atoms with van der Waals surface area (Å²) in [5.74, 6) is -0.309. The van der Waals surface area contributed by atoms with E-state index in [2.05, 4.69) is 10.6 Å². The fourth-order valence-electron chi connectivity index (χ4n) is 3.73. The second-order valence-electron chi connectivity index (χ2n) is 6.94. The van der Waals surface area contributed by atoms with Crippen molar-refractivity contribution in [3.8, 4) is 11.5 Å². The molecule has 2 aromatic carbocycles. The molecule has 4 rings (SSSR count). The maximum absolute atomic E-state index is 13.0. The molecule has 4 atom stereocenters. The van der Waals surface area contributed by atoms with E-state index < -0.39 is 24.0 Å². The van der Waals surface area contributed by atoms with Gasteiger partial charge in [0.15, 0.2) is 0 Å². The van der Waals surface area contributed by atoms with E-state index in [0.717, 1.165) is 0 Å². The van der Waals surface area contributed by atoms with Crippen LogP contribution in [-0.4, -0.2) is 38.2 Å². The molecule has 0 aliphatic carbocycles. The van der Waals surface area contributed by atoms with E-state index in [9.17, 15) is 9.59 Å². The third-order valence-corrected chi connectivity index (χ3v) is 5.22. The summed E-state index contributed by atoms with van der Waals surface area (Å²) in [6.45, 7) is 0. The summed E-state index contributed by atoms with van der Waals surface area (Å²) < 4.78 is 16.1. The van der Waals surface area contributed by atoms with Gasteiger partial charge in [-0.25, -0.2) is 0 Å². The normalized spacial score (nSPS) is 24.2. The number of amides is 2. The van der Waals surface area contributed by atoms with Crippen LogP contribution in [0, 0.1) is 11.8 Å². The van der Waals surface area contributed by atoms with Crippen molar-refractivity contribution in [1.82, 2.24) is 0 Å². The molecule has 2 aliphatic heterocycles. The van der Waals surface area contributed by atoms with Crippen molar-refractivity contribution in [2.24, 2.45) is 11.8 Å². The second-order valence-corrected chi connectivity index (χ2v) is 6.94. The highest BCUT2D eigenvalue weighted by atomic mass is 16.5. The molecule has 2 aliphatic rings. The molecular weight excluding hydrogens is 372 g/mol. The van der Waals surface area contributed by atoms with Gasteiger partial charge in [-0.2, -0.15) is 0 Å². The number of ether oxygens (including phenoxy) is 3. The van der Waals surface area contributed by atoms with Crippen LogP contribution in [-0.2, 0) is 14.3 Å². The van der Waals surface area contributed by atoms with Crippen molar-refractivity contribution >= 4 is 23.2 Å². The molecule has 150 valence electrons. The Balaban J connectivity index is 1.48. The molecule has 29 heavy (non-hydrogen) atoms. The number of nitrogens with one attached hydrogen (secondary N) is 2. The number of fused-ring (bicyclic) bond motifs is 2. The summed E-state index contributed by atoms with van der Waals surface area (Å²) in [5.41, 5.74) is 1.27. The zero-order valence-corrected chi connectivity index (χ0v) is 16.1. The average molecular weight is 394 g/mol. The molecule has 0 aromatic heterocycles. The van der Waals surface area contributed by atoms with Crippen molar-refractivity contribution in [3.05, 3.63) is 60.7 Å². The zero-order chi connectivity index (χ0) is 20.4. The third kappa shape index (κ3) is 3.82. The summed E-state index contributed by atoms with van der Waals surface area (Å²) in [5, 5.41) is 5.76. The first-order valence-corrected chi connectivity index (χ1v) is 9.32. The number of hydrogen-bond acceptors (Lipinski definition) is 5. The fraction of sp³-hybridized carbons (Fsp3) is 0.273. The average Bonchev–Trinajstić information content (AvgIpc) is 3.36. The van der Waals surface area contributed by atoms with Gasteiger partial charge >= 0.3 is 0 Å². The molecule has 0 radical (unpaired) electrons. The van der Waals surface area contributed by atoms with Crippen LogP contribution in [0.15, 0.2) is 60.7 Å². The fourth-order valence-corrected chi connectivity index (χ4v) is 3.73. The van der Waals surface area contributed by atoms with Gasteiger partial charge in [-0.1, -0.05) is 12.2 Å². The van der Waals surface area contributed by atoms with Crippen LogP contribution in [0.25, 0.3) is 0 Å². The van der Waals surface area contributed by atoms with Gasteiger partial charge in [0.1, 0.15) is 11.5 Å². The highest BCUT2D eigenvalue weighted by molar-refractivity contribution is 6.01. The molecule has 2 heterocycles. The van der Waals surface area contributed by atoms with Crippen molar-refractivity contribution in [3.63, 3.8) is 0 Å². The minimum absolute atomic E-state index is 0.248. The lowest BCUT2D eigenvalue weighted by molar-refractivity contribution is -0.128. The third-order valence-electron chi connectivity index (χ3n) is 5.22. The Morgan fingerprint density at radius 1 is 0.724 bits per heavy atom. The first-order valence-electron chi connectivity index (χ1n) is 9.32. The second kappa shape index (κ2) is 7.97. The standard InChI is InChI=1S/C22H22N2O5/c1-27-15-7-3-13(4-8-15)23-21(25)19-17-11-12-18(29-17)20(19)22(26)24-14-5-9-16(28-2)10-6-14/h3-12,17-20H,1-2H3,(H,23,25)(H,24,26). The first-order chi connectivity index (χ1) is 14.1. The van der Waals surface area contributed by atoms with Crippen LogP contribution in [0.1, 0.15) is 0 Å². The van der Waals surface area contributed by atoms with E-state index in [-0.39, 0.29) is 11.8 Å². The Labute approximate surface area is 168 Å². The van der Waals surface area contributed by atoms with Crippen LogP contribution in [0.2, 0.25) is 0 Å². The van der Waals surface area contributed by atoms with Gasteiger partial charge in [0, 0.05) is 11.4 Å². The smallest absolute Gasteiger partial charge is 0.231 e. The molecule has 1 saturated heterocycles. The van der Waals surface area contributed by atoms with E-state index in [0.29, 0.717) is 22.9 Å². The van der Waals surface area contributed by atoms with Crippen LogP contribution in [0.3, 0.4) is 0 Å². The van der Waals surface area contributed by atoms with Crippen molar-refractivity contribution < 1.29 is 23.8 Å². The van der Waals surface area contributed by atoms with Crippen LogP contribution < -0.4 is 20.1 Å². The molecular formula is C22H22N2O5. The lowest BCUT2D eigenvalue weighted by Crippen LogP contribution is -2.41. The molecule has 2 amide bonds. The minimum Gasteiger partial charge on any atom is -0.497 e. The van der Waals surface area contributed by atoms with Gasteiger partial charge in [0.05, 0.1) is 38.3 Å². The van der Waals surface area contributed by atoms with Gasteiger partial charge in [-0.15, -0.1) is 0 Å². The number of methoxy groups -OCH3 is 2. The molecule has 0 spiro atoms. The molecule has 4 unspecified atom stereocenters. The van der Waals surface area contributed by atoms with Gasteiger partial charge in [0.2, 0.25) is 11.8 Å². The van der Waals surface area contributed by atoms with Gasteiger partial charge in [0.25, 0.3) is 0 Å². The lowest BCUT2D eigenvalue weighted by Gasteiger charge is -2.23. The molecule has 0 saturated carbocycles. The van der Waals surface area contributed by atoms with E-state index >= 15 is 0 Å². The largest absolute Gasteiger partial charge is 0.497 e. The Morgan fingerprint density at radius 3 is 1.45 bits per heavy atom. The quantitative estimate of drug-likeness (QED) is 0.736.